The summed E-state index contributed by atoms with van der Waals surface area (Å²) in [4.78, 5) is 23.8. The van der Waals surface area contributed by atoms with Crippen molar-refractivity contribution in [3.05, 3.63) is 53.0 Å². The highest BCUT2D eigenvalue weighted by Crippen LogP contribution is 2.34. The Morgan fingerprint density at radius 1 is 1.18 bits per heavy atom. The van der Waals surface area contributed by atoms with Crippen LogP contribution in [-0.4, -0.2) is 57.6 Å². The molecular weight excluding hydrogens is 496 g/mol. The number of hydrogen-bond acceptors (Lipinski definition) is 8. The second kappa shape index (κ2) is 10.5. The first-order valence-corrected chi connectivity index (χ1v) is 12.2. The summed E-state index contributed by atoms with van der Waals surface area (Å²) < 4.78 is 40.4. The minimum absolute atomic E-state index is 0.173. The maximum atomic E-state index is 14.0. The number of hydrogen-bond donors (Lipinski definition) is 2. The summed E-state index contributed by atoms with van der Waals surface area (Å²) in [7, 11) is 3.03. The monoisotopic (exact) mass is 529 g/mol. The molecule has 38 heavy (non-hydrogen) atoms. The van der Waals surface area contributed by atoms with Gasteiger partial charge in [0.1, 0.15) is 11.7 Å². The number of fused-ring (bicyclic) bond motifs is 1. The van der Waals surface area contributed by atoms with E-state index in [1.54, 1.807) is 24.0 Å². The minimum Gasteiger partial charge on any atom is -0.491 e. The van der Waals surface area contributed by atoms with Crippen LogP contribution in [0, 0.1) is 18.6 Å². The maximum absolute atomic E-state index is 14.0. The molecule has 1 aliphatic heterocycles. The van der Waals surface area contributed by atoms with Gasteiger partial charge in [-0.1, -0.05) is 0 Å². The van der Waals surface area contributed by atoms with E-state index >= 15 is 0 Å². The van der Waals surface area contributed by atoms with Gasteiger partial charge in [-0.2, -0.15) is 10.1 Å². The first-order valence-electron chi connectivity index (χ1n) is 12.2. The highest BCUT2D eigenvalue weighted by atomic mass is 19.1. The number of benzene rings is 1. The molecule has 4 rings (SSSR count). The number of aryl methyl sites for hydroxylation is 1. The van der Waals surface area contributed by atoms with Gasteiger partial charge in [0, 0.05) is 25.4 Å². The molecule has 2 atom stereocenters. The summed E-state index contributed by atoms with van der Waals surface area (Å²) in [6, 6.07) is 1.89. The van der Waals surface area contributed by atoms with E-state index in [0.717, 1.165) is 5.56 Å². The van der Waals surface area contributed by atoms with Crippen LogP contribution in [0.4, 0.5) is 26.2 Å². The molecule has 0 saturated carbocycles. The zero-order chi connectivity index (χ0) is 27.8. The Labute approximate surface area is 220 Å². The number of likely N-dealkylation sites (N-methyl/N-ethyl adjacent to an activating group) is 1. The molecule has 0 bridgehead atoms. The number of ether oxygens (including phenoxy) is 2. The zero-order valence-electron chi connectivity index (χ0n) is 22.6. The predicted molar refractivity (Wildman–Crippen MR) is 139 cm³/mol. The van der Waals surface area contributed by atoms with Gasteiger partial charge in [-0.3, -0.25) is 9.48 Å². The van der Waals surface area contributed by atoms with E-state index in [0.29, 0.717) is 35.3 Å². The van der Waals surface area contributed by atoms with E-state index in [2.05, 4.69) is 25.7 Å². The van der Waals surface area contributed by atoms with E-state index in [1.165, 1.54) is 19.2 Å². The Balaban J connectivity index is 1.46. The number of nitrogens with zero attached hydrogens (tertiary/aromatic N) is 5. The normalized spacial score (nSPS) is 16.2. The van der Waals surface area contributed by atoms with E-state index in [9.17, 15) is 13.6 Å². The summed E-state index contributed by atoms with van der Waals surface area (Å²) in [6.07, 6.45) is 3.05. The Morgan fingerprint density at radius 2 is 1.87 bits per heavy atom. The molecule has 2 N–H and O–H groups in total. The van der Waals surface area contributed by atoms with Gasteiger partial charge in [0.05, 0.1) is 37.3 Å². The number of anilines is 3. The van der Waals surface area contributed by atoms with Crippen molar-refractivity contribution < 1.29 is 23.0 Å². The molecule has 0 fully saturated rings. The van der Waals surface area contributed by atoms with Gasteiger partial charge in [-0.15, -0.1) is 0 Å². The third-order valence-electron chi connectivity index (χ3n) is 6.07. The number of halogens is 2. The number of methoxy groups -OCH3 is 1. The van der Waals surface area contributed by atoms with Gasteiger partial charge in [-0.05, 0) is 52.3 Å². The molecule has 3 heterocycles. The van der Waals surface area contributed by atoms with Crippen LogP contribution in [0.3, 0.4) is 0 Å². The zero-order valence-corrected chi connectivity index (χ0v) is 22.6. The molecule has 12 heteroatoms. The third-order valence-corrected chi connectivity index (χ3v) is 6.07. The van der Waals surface area contributed by atoms with Crippen molar-refractivity contribution in [3.8, 4) is 5.75 Å². The SMILES string of the molecule is COc1c(F)cc(Cn2cc(CNc3nc(C)c4c(n3)N(C)[C@@H](C(C)OC(C)(C)C)C(=O)N4)cn2)cc1F. The van der Waals surface area contributed by atoms with Crippen LogP contribution in [-0.2, 0) is 22.6 Å². The number of amides is 1. The quantitative estimate of drug-likeness (QED) is 0.453. The number of carbonyl (C=O) groups is 1. The van der Waals surface area contributed by atoms with E-state index in [4.69, 9.17) is 9.47 Å². The second-order valence-corrected chi connectivity index (χ2v) is 10.3. The van der Waals surface area contributed by atoms with Crippen LogP contribution in [0.2, 0.25) is 0 Å². The highest BCUT2D eigenvalue weighted by molar-refractivity contribution is 6.03. The molecule has 1 aliphatic rings. The van der Waals surface area contributed by atoms with Crippen LogP contribution in [0.25, 0.3) is 0 Å². The molecule has 0 radical (unpaired) electrons. The van der Waals surface area contributed by atoms with Gasteiger partial charge in [0.25, 0.3) is 0 Å². The standard InChI is InChI=1S/C26H33F2N7O3/c1-14-20-23(34(6)21(24(36)32-20)15(2)38-26(3,4)5)33-25(31-14)29-10-17-11-30-35(13-17)12-16-8-18(27)22(37-7)19(28)9-16/h8-9,11,13,15,21H,10,12H2,1-7H3,(H,32,36)(H,29,31,33)/t15?,21-/m0/s1. The molecule has 1 unspecified atom stereocenters. The molecule has 204 valence electrons. The first kappa shape index (κ1) is 27.2. The van der Waals surface area contributed by atoms with Crippen molar-refractivity contribution in [3.63, 3.8) is 0 Å². The average molecular weight is 530 g/mol. The fourth-order valence-electron chi connectivity index (χ4n) is 4.54. The second-order valence-electron chi connectivity index (χ2n) is 10.3. The average Bonchev–Trinajstić information content (AvgIpc) is 3.24. The molecular formula is C26H33F2N7O3. The molecule has 1 aromatic carbocycles. The van der Waals surface area contributed by atoms with Crippen molar-refractivity contribution >= 4 is 23.4 Å². The predicted octanol–water partition coefficient (Wildman–Crippen LogP) is 3.89. The lowest BCUT2D eigenvalue weighted by atomic mass is 10.1. The van der Waals surface area contributed by atoms with Crippen molar-refractivity contribution in [1.29, 1.82) is 0 Å². The molecule has 0 saturated heterocycles. The fourth-order valence-corrected chi connectivity index (χ4v) is 4.54. The topological polar surface area (TPSA) is 106 Å². The highest BCUT2D eigenvalue weighted by Gasteiger charge is 2.39. The molecule has 3 aromatic rings. The van der Waals surface area contributed by atoms with Crippen LogP contribution < -0.4 is 20.3 Å². The lowest BCUT2D eigenvalue weighted by Gasteiger charge is -2.39. The Bertz CT molecular complexity index is 1320. The lowest BCUT2D eigenvalue weighted by molar-refractivity contribution is -0.124. The van der Waals surface area contributed by atoms with Crippen LogP contribution in [0.15, 0.2) is 24.5 Å². The molecule has 2 aromatic heterocycles. The molecule has 10 nitrogen and oxygen atoms in total. The van der Waals surface area contributed by atoms with Crippen molar-refractivity contribution in [2.24, 2.45) is 0 Å². The van der Waals surface area contributed by atoms with Crippen LogP contribution in [0.5, 0.6) is 5.75 Å². The number of nitrogens with one attached hydrogen (secondary N) is 2. The van der Waals surface area contributed by atoms with Crippen molar-refractivity contribution in [2.45, 2.75) is 65.5 Å². The number of rotatable bonds is 8. The van der Waals surface area contributed by atoms with Crippen LogP contribution in [0.1, 0.15) is 44.5 Å². The maximum Gasteiger partial charge on any atom is 0.249 e. The lowest BCUT2D eigenvalue weighted by Crippen LogP contribution is -2.54. The minimum atomic E-state index is -0.765. The van der Waals surface area contributed by atoms with Gasteiger partial charge < -0.3 is 25.0 Å². The fraction of sp³-hybridized carbons (Fsp3) is 0.462. The first-order chi connectivity index (χ1) is 17.9. The van der Waals surface area contributed by atoms with Crippen molar-refractivity contribution in [2.75, 3.05) is 29.7 Å². The molecule has 0 aliphatic carbocycles. The smallest absolute Gasteiger partial charge is 0.249 e. The third kappa shape index (κ3) is 5.85. The molecule has 1 amide bonds. The van der Waals surface area contributed by atoms with Gasteiger partial charge in [0.2, 0.25) is 11.9 Å². The number of aromatic nitrogens is 4. The van der Waals surface area contributed by atoms with Crippen LogP contribution >= 0.6 is 0 Å². The summed E-state index contributed by atoms with van der Waals surface area (Å²) in [5.74, 6) is -1.13. The number of carbonyl (C=O) groups excluding carboxylic acids is 1. The Hall–Kier alpha value is -3.80. The van der Waals surface area contributed by atoms with Gasteiger partial charge in [0.15, 0.2) is 23.2 Å². The van der Waals surface area contributed by atoms with Gasteiger partial charge in [-0.25, -0.2) is 13.8 Å². The Morgan fingerprint density at radius 3 is 2.50 bits per heavy atom. The van der Waals surface area contributed by atoms with Crippen molar-refractivity contribution in [1.82, 2.24) is 19.7 Å². The van der Waals surface area contributed by atoms with E-state index < -0.39 is 29.0 Å². The van der Waals surface area contributed by atoms with E-state index in [1.807, 2.05) is 39.6 Å². The Kier molecular flexibility index (Phi) is 7.54. The largest absolute Gasteiger partial charge is 0.491 e. The van der Waals surface area contributed by atoms with Gasteiger partial charge >= 0.3 is 0 Å². The summed E-state index contributed by atoms with van der Waals surface area (Å²) in [6.45, 7) is 10.1. The summed E-state index contributed by atoms with van der Waals surface area (Å²) >= 11 is 0. The molecule has 0 spiro atoms. The summed E-state index contributed by atoms with van der Waals surface area (Å²) in [5, 5.41) is 10.4. The summed E-state index contributed by atoms with van der Waals surface area (Å²) in [5.41, 5.74) is 2.02. The van der Waals surface area contributed by atoms with E-state index in [-0.39, 0.29) is 18.6 Å².